The molecule has 0 spiro atoms. The minimum atomic E-state index is -1.25. The molecular weight excluding hydrogens is 398 g/mol. The molecule has 0 radical (unpaired) electrons. The summed E-state index contributed by atoms with van der Waals surface area (Å²) < 4.78 is 1.44. The molecule has 1 fully saturated rings. The maximum atomic E-state index is 13.2. The van der Waals surface area contributed by atoms with Crippen LogP contribution in [0.5, 0.6) is 5.88 Å². The number of carbonyl (C=O) groups is 2. The molecular formula is C23H29N3O5. The minimum Gasteiger partial charge on any atom is -0.493 e. The fraction of sp³-hybridized carbons (Fsp3) is 0.478. The van der Waals surface area contributed by atoms with E-state index in [4.69, 9.17) is 5.11 Å². The average Bonchev–Trinajstić information content (AvgIpc) is 3.22. The monoisotopic (exact) mass is 427 g/mol. The van der Waals surface area contributed by atoms with Crippen LogP contribution in [-0.4, -0.2) is 38.2 Å². The van der Waals surface area contributed by atoms with Crippen LogP contribution in [0.1, 0.15) is 79.7 Å². The number of nitrogens with one attached hydrogen (secondary N) is 1. The Hall–Kier alpha value is -3.16. The van der Waals surface area contributed by atoms with Crippen molar-refractivity contribution in [3.05, 3.63) is 57.1 Å². The molecule has 0 bridgehead atoms. The molecule has 1 aromatic carbocycles. The minimum absolute atomic E-state index is 0.000133. The summed E-state index contributed by atoms with van der Waals surface area (Å²) in [5, 5.41) is 21.3. The van der Waals surface area contributed by atoms with Gasteiger partial charge in [0.25, 0.3) is 11.5 Å². The van der Waals surface area contributed by atoms with E-state index >= 15 is 0 Å². The second kappa shape index (κ2) is 8.91. The van der Waals surface area contributed by atoms with Crippen molar-refractivity contribution in [1.82, 2.24) is 14.9 Å². The van der Waals surface area contributed by atoms with Gasteiger partial charge in [-0.3, -0.25) is 19.0 Å². The summed E-state index contributed by atoms with van der Waals surface area (Å²) in [6, 6.07) is 7.93. The molecule has 0 saturated heterocycles. The van der Waals surface area contributed by atoms with Crippen molar-refractivity contribution in [2.24, 2.45) is 0 Å². The highest BCUT2D eigenvalue weighted by Crippen LogP contribution is 2.34. The molecule has 0 atom stereocenters. The topological polar surface area (TPSA) is 122 Å². The third-order valence-corrected chi connectivity index (χ3v) is 5.69. The maximum Gasteiger partial charge on any atom is 0.322 e. The molecule has 1 saturated carbocycles. The third kappa shape index (κ3) is 5.13. The lowest BCUT2D eigenvalue weighted by Gasteiger charge is -2.21. The quantitative estimate of drug-likeness (QED) is 0.652. The number of carboxylic acids is 1. The lowest BCUT2D eigenvalue weighted by molar-refractivity contribution is -0.135. The summed E-state index contributed by atoms with van der Waals surface area (Å²) in [6.07, 6.45) is 3.75. The summed E-state index contributed by atoms with van der Waals surface area (Å²) in [4.78, 5) is 40.6. The highest BCUT2D eigenvalue weighted by atomic mass is 16.4. The Labute approximate surface area is 180 Å². The first kappa shape index (κ1) is 22.5. The third-order valence-electron chi connectivity index (χ3n) is 5.69. The summed E-state index contributed by atoms with van der Waals surface area (Å²) in [7, 11) is 0. The van der Waals surface area contributed by atoms with Gasteiger partial charge in [0.05, 0.1) is 6.54 Å². The maximum absolute atomic E-state index is 13.2. The van der Waals surface area contributed by atoms with Crippen molar-refractivity contribution < 1.29 is 19.8 Å². The molecule has 166 valence electrons. The van der Waals surface area contributed by atoms with Gasteiger partial charge in [0.15, 0.2) is 5.56 Å². The van der Waals surface area contributed by atoms with Crippen molar-refractivity contribution in [2.45, 2.75) is 64.3 Å². The second-order valence-corrected chi connectivity index (χ2v) is 9.06. The van der Waals surface area contributed by atoms with Crippen LogP contribution >= 0.6 is 0 Å². The van der Waals surface area contributed by atoms with Crippen molar-refractivity contribution in [2.75, 3.05) is 6.54 Å². The first-order valence-electron chi connectivity index (χ1n) is 10.5. The lowest BCUT2D eigenvalue weighted by atomic mass is 9.87. The number of carboxylic acid groups (broad SMARTS) is 1. The smallest absolute Gasteiger partial charge is 0.322 e. The van der Waals surface area contributed by atoms with E-state index in [-0.39, 0.29) is 17.9 Å². The van der Waals surface area contributed by atoms with Gasteiger partial charge in [0.2, 0.25) is 5.88 Å². The molecule has 3 N–H and O–H groups in total. The standard InChI is InChI=1S/C23H29N3O5/c1-23(2,3)16-10-8-14(9-11-16)13-26-19(15-6-4-5-7-15)25-21(30)18(22(26)31)20(29)24-12-17(27)28/h8-11,15,30H,4-7,12-13H2,1-3H3,(H,24,29)(H,27,28). The lowest BCUT2D eigenvalue weighted by Crippen LogP contribution is -2.37. The molecule has 8 heteroatoms. The van der Waals surface area contributed by atoms with Crippen LogP contribution in [0.25, 0.3) is 0 Å². The number of aromatic nitrogens is 2. The van der Waals surface area contributed by atoms with Crippen LogP contribution in [-0.2, 0) is 16.8 Å². The van der Waals surface area contributed by atoms with E-state index in [2.05, 4.69) is 31.1 Å². The van der Waals surface area contributed by atoms with E-state index in [1.165, 1.54) is 4.57 Å². The normalized spacial score (nSPS) is 14.5. The number of hydrogen-bond donors (Lipinski definition) is 3. The van der Waals surface area contributed by atoms with E-state index in [0.717, 1.165) is 36.8 Å². The van der Waals surface area contributed by atoms with Crippen LogP contribution in [0.2, 0.25) is 0 Å². The van der Waals surface area contributed by atoms with Crippen LogP contribution in [0.3, 0.4) is 0 Å². The molecule has 0 aliphatic heterocycles. The van der Waals surface area contributed by atoms with Gasteiger partial charge < -0.3 is 15.5 Å². The summed E-state index contributed by atoms with van der Waals surface area (Å²) in [5.41, 5.74) is 0.835. The molecule has 1 heterocycles. The van der Waals surface area contributed by atoms with Gasteiger partial charge in [-0.15, -0.1) is 0 Å². The first-order valence-corrected chi connectivity index (χ1v) is 10.5. The highest BCUT2D eigenvalue weighted by Gasteiger charge is 2.28. The highest BCUT2D eigenvalue weighted by molar-refractivity contribution is 5.97. The zero-order valence-electron chi connectivity index (χ0n) is 18.1. The number of aromatic hydroxyl groups is 1. The van der Waals surface area contributed by atoms with E-state index in [9.17, 15) is 19.5 Å². The van der Waals surface area contributed by atoms with Crippen molar-refractivity contribution in [3.8, 4) is 5.88 Å². The number of aliphatic carboxylic acids is 1. The van der Waals surface area contributed by atoms with Crippen molar-refractivity contribution in [3.63, 3.8) is 0 Å². The van der Waals surface area contributed by atoms with Gasteiger partial charge >= 0.3 is 5.97 Å². The Morgan fingerprint density at radius 1 is 1.16 bits per heavy atom. The van der Waals surface area contributed by atoms with Gasteiger partial charge in [0.1, 0.15) is 12.4 Å². The number of benzene rings is 1. The molecule has 1 aromatic heterocycles. The summed E-state index contributed by atoms with van der Waals surface area (Å²) >= 11 is 0. The van der Waals surface area contributed by atoms with Gasteiger partial charge in [-0.05, 0) is 29.4 Å². The van der Waals surface area contributed by atoms with Crippen LogP contribution < -0.4 is 10.9 Å². The average molecular weight is 428 g/mol. The predicted molar refractivity (Wildman–Crippen MR) is 116 cm³/mol. The van der Waals surface area contributed by atoms with Gasteiger partial charge in [-0.25, -0.2) is 0 Å². The van der Waals surface area contributed by atoms with Crippen molar-refractivity contribution in [1.29, 1.82) is 0 Å². The van der Waals surface area contributed by atoms with Crippen LogP contribution in [0, 0.1) is 0 Å². The van der Waals surface area contributed by atoms with E-state index in [1.54, 1.807) is 0 Å². The Morgan fingerprint density at radius 2 is 1.77 bits per heavy atom. The first-order chi connectivity index (χ1) is 14.6. The molecule has 1 amide bonds. The molecule has 8 nitrogen and oxygen atoms in total. The molecule has 2 aromatic rings. The van der Waals surface area contributed by atoms with Gasteiger partial charge in [-0.1, -0.05) is 57.9 Å². The van der Waals surface area contributed by atoms with Crippen LogP contribution in [0.4, 0.5) is 0 Å². The van der Waals surface area contributed by atoms with E-state index in [1.807, 2.05) is 24.3 Å². The molecule has 31 heavy (non-hydrogen) atoms. The summed E-state index contributed by atoms with van der Waals surface area (Å²) in [5.74, 6) is -2.36. The zero-order chi connectivity index (χ0) is 22.8. The predicted octanol–water partition coefficient (Wildman–Crippen LogP) is 2.77. The molecule has 1 aliphatic carbocycles. The molecule has 0 unspecified atom stereocenters. The van der Waals surface area contributed by atoms with Gasteiger partial charge in [-0.2, -0.15) is 4.98 Å². The van der Waals surface area contributed by atoms with Gasteiger partial charge in [0, 0.05) is 5.92 Å². The Balaban J connectivity index is 2.03. The Kier molecular flexibility index (Phi) is 6.48. The number of hydrogen-bond acceptors (Lipinski definition) is 5. The number of carbonyl (C=O) groups excluding carboxylic acids is 1. The Bertz CT molecular complexity index is 1030. The SMILES string of the molecule is CC(C)(C)c1ccc(Cn2c(C3CCCC3)nc(O)c(C(=O)NCC(=O)O)c2=O)cc1. The second-order valence-electron chi connectivity index (χ2n) is 9.06. The molecule has 3 rings (SSSR count). The zero-order valence-corrected chi connectivity index (χ0v) is 18.1. The van der Waals surface area contributed by atoms with E-state index in [0.29, 0.717) is 5.82 Å². The fourth-order valence-corrected chi connectivity index (χ4v) is 3.94. The fourth-order valence-electron chi connectivity index (χ4n) is 3.94. The van der Waals surface area contributed by atoms with E-state index < -0.39 is 35.4 Å². The van der Waals surface area contributed by atoms with Crippen LogP contribution in [0.15, 0.2) is 29.1 Å². The number of amides is 1. The number of nitrogens with zero attached hydrogens (tertiary/aromatic N) is 2. The Morgan fingerprint density at radius 3 is 2.32 bits per heavy atom. The van der Waals surface area contributed by atoms with Crippen molar-refractivity contribution >= 4 is 11.9 Å². The molecule has 1 aliphatic rings. The number of rotatable bonds is 6. The summed E-state index contributed by atoms with van der Waals surface area (Å²) in [6.45, 7) is 5.92. The largest absolute Gasteiger partial charge is 0.493 e.